The van der Waals surface area contributed by atoms with Crippen molar-refractivity contribution in [2.75, 3.05) is 6.61 Å². The molecule has 0 radical (unpaired) electrons. The van der Waals surface area contributed by atoms with Gasteiger partial charge >= 0.3 is 12.2 Å². The third kappa shape index (κ3) is 4.49. The number of hydrogen-bond acceptors (Lipinski definition) is 5. The Bertz CT molecular complexity index is 1080. The summed E-state index contributed by atoms with van der Waals surface area (Å²) in [4.78, 5) is 25.3. The number of fused-ring (bicyclic) bond motifs is 6. The fraction of sp³-hybridized carbons (Fsp3) is 0.500. The van der Waals surface area contributed by atoms with E-state index in [9.17, 15) is 14.7 Å². The van der Waals surface area contributed by atoms with Crippen molar-refractivity contribution in [2.45, 2.75) is 81.6 Å². The predicted octanol–water partition coefficient (Wildman–Crippen LogP) is 4.87. The molecule has 0 aromatic heterocycles. The second-order valence-corrected chi connectivity index (χ2v) is 11.2. The SMILES string of the molecule is CC(C)(C)OC(=O)NC12CCC(NC(=O)OCC3c4ccccc4-c4ccccc43)(CC1)[C@@H](O)C2. The molecule has 3 N–H and O–H groups in total. The van der Waals surface area contributed by atoms with Gasteiger partial charge in [-0.2, -0.15) is 0 Å². The highest BCUT2D eigenvalue weighted by atomic mass is 16.6. The van der Waals surface area contributed by atoms with Crippen LogP contribution in [0.15, 0.2) is 48.5 Å². The Balaban J connectivity index is 1.21. The van der Waals surface area contributed by atoms with E-state index in [1.807, 2.05) is 45.0 Å². The van der Waals surface area contributed by atoms with Crippen molar-refractivity contribution < 1.29 is 24.2 Å². The van der Waals surface area contributed by atoms with Crippen molar-refractivity contribution in [3.8, 4) is 11.1 Å². The maximum Gasteiger partial charge on any atom is 0.408 e. The Morgan fingerprint density at radius 3 is 2.03 bits per heavy atom. The summed E-state index contributed by atoms with van der Waals surface area (Å²) in [7, 11) is 0. The molecule has 2 amide bonds. The smallest absolute Gasteiger partial charge is 0.408 e. The molecule has 1 atom stereocenters. The van der Waals surface area contributed by atoms with Gasteiger partial charge in [0.25, 0.3) is 0 Å². The maximum atomic E-state index is 12.9. The molecule has 186 valence electrons. The van der Waals surface area contributed by atoms with Gasteiger partial charge in [-0.1, -0.05) is 48.5 Å². The molecule has 6 rings (SSSR count). The molecule has 0 unspecified atom stereocenters. The van der Waals surface area contributed by atoms with Gasteiger partial charge in [-0.3, -0.25) is 0 Å². The molecule has 7 heteroatoms. The first kappa shape index (κ1) is 23.7. The second-order valence-electron chi connectivity index (χ2n) is 11.2. The van der Waals surface area contributed by atoms with Crippen molar-refractivity contribution in [1.29, 1.82) is 0 Å². The minimum absolute atomic E-state index is 0.0148. The van der Waals surface area contributed by atoms with Crippen molar-refractivity contribution >= 4 is 12.2 Å². The van der Waals surface area contributed by atoms with E-state index in [1.165, 1.54) is 11.1 Å². The number of aliphatic hydroxyl groups excluding tert-OH is 1. The van der Waals surface area contributed by atoms with E-state index in [4.69, 9.17) is 9.47 Å². The first-order valence-electron chi connectivity index (χ1n) is 12.4. The van der Waals surface area contributed by atoms with Crippen LogP contribution in [0.4, 0.5) is 9.59 Å². The quantitative estimate of drug-likeness (QED) is 0.583. The number of benzene rings is 2. The Morgan fingerprint density at radius 2 is 1.49 bits per heavy atom. The Kier molecular flexibility index (Phi) is 5.79. The summed E-state index contributed by atoms with van der Waals surface area (Å²) in [5.74, 6) is -0.0148. The first-order chi connectivity index (χ1) is 16.6. The van der Waals surface area contributed by atoms with Gasteiger partial charge in [0.15, 0.2) is 0 Å². The van der Waals surface area contributed by atoms with Gasteiger partial charge in [0.2, 0.25) is 0 Å². The zero-order valence-electron chi connectivity index (χ0n) is 20.6. The summed E-state index contributed by atoms with van der Waals surface area (Å²) in [5, 5.41) is 17.0. The van der Waals surface area contributed by atoms with Crippen LogP contribution in [-0.2, 0) is 9.47 Å². The van der Waals surface area contributed by atoms with Crippen molar-refractivity contribution in [3.05, 3.63) is 59.7 Å². The molecule has 7 nitrogen and oxygen atoms in total. The Labute approximate surface area is 206 Å². The fourth-order valence-corrected chi connectivity index (χ4v) is 6.02. The summed E-state index contributed by atoms with van der Waals surface area (Å²) >= 11 is 0. The van der Waals surface area contributed by atoms with Crippen LogP contribution in [0.5, 0.6) is 0 Å². The number of ether oxygens (including phenoxy) is 2. The average Bonchev–Trinajstić information content (AvgIpc) is 3.11. The summed E-state index contributed by atoms with van der Waals surface area (Å²) in [6.07, 6.45) is 1.06. The van der Waals surface area contributed by atoms with Gasteiger partial charge in [-0.15, -0.1) is 0 Å². The second kappa shape index (κ2) is 8.55. The van der Waals surface area contributed by atoms with Crippen LogP contribution in [0.1, 0.15) is 69.9 Å². The van der Waals surface area contributed by atoms with Gasteiger partial charge in [-0.25, -0.2) is 9.59 Å². The van der Waals surface area contributed by atoms with E-state index < -0.39 is 35.0 Å². The molecule has 0 heterocycles. The number of aliphatic hydroxyl groups is 1. The predicted molar refractivity (Wildman–Crippen MR) is 132 cm³/mol. The Morgan fingerprint density at radius 1 is 0.914 bits per heavy atom. The molecule has 35 heavy (non-hydrogen) atoms. The lowest BCUT2D eigenvalue weighted by molar-refractivity contribution is -0.0618. The maximum absolute atomic E-state index is 12.9. The van der Waals surface area contributed by atoms with Gasteiger partial charge < -0.3 is 25.2 Å². The van der Waals surface area contributed by atoms with E-state index in [2.05, 4.69) is 34.9 Å². The molecule has 2 bridgehead atoms. The van der Waals surface area contributed by atoms with E-state index in [1.54, 1.807) is 0 Å². The topological polar surface area (TPSA) is 96.9 Å². The average molecular weight is 479 g/mol. The van der Waals surface area contributed by atoms with Gasteiger partial charge in [0.1, 0.15) is 12.2 Å². The van der Waals surface area contributed by atoms with E-state index in [0.29, 0.717) is 32.1 Å². The van der Waals surface area contributed by atoms with Crippen molar-refractivity contribution in [2.24, 2.45) is 0 Å². The zero-order valence-corrected chi connectivity index (χ0v) is 20.6. The molecule has 2 aromatic rings. The van der Waals surface area contributed by atoms with Crippen LogP contribution < -0.4 is 10.6 Å². The summed E-state index contributed by atoms with van der Waals surface area (Å²) in [6.45, 7) is 5.70. The lowest BCUT2D eigenvalue weighted by Crippen LogP contribution is -2.70. The summed E-state index contributed by atoms with van der Waals surface area (Å²) in [5.41, 5.74) is 2.85. The molecular formula is C28H34N2O5. The highest BCUT2D eigenvalue weighted by Crippen LogP contribution is 2.48. The molecule has 3 saturated carbocycles. The lowest BCUT2D eigenvalue weighted by atomic mass is 9.60. The van der Waals surface area contributed by atoms with Gasteiger partial charge in [0.05, 0.1) is 11.6 Å². The number of amides is 2. The third-order valence-corrected chi connectivity index (χ3v) is 7.78. The first-order valence-corrected chi connectivity index (χ1v) is 12.4. The number of carbonyl (C=O) groups is 2. The molecule has 4 aliphatic carbocycles. The van der Waals surface area contributed by atoms with Gasteiger partial charge in [0, 0.05) is 11.5 Å². The van der Waals surface area contributed by atoms with Crippen LogP contribution in [0, 0.1) is 0 Å². The molecule has 0 aliphatic heterocycles. The van der Waals surface area contributed by atoms with Gasteiger partial charge in [-0.05, 0) is 75.1 Å². The number of rotatable bonds is 4. The molecule has 2 aromatic carbocycles. The molecule has 3 fully saturated rings. The highest BCUT2D eigenvalue weighted by Gasteiger charge is 2.56. The van der Waals surface area contributed by atoms with Crippen LogP contribution >= 0.6 is 0 Å². The minimum atomic E-state index is -0.777. The van der Waals surface area contributed by atoms with Crippen LogP contribution in [0.3, 0.4) is 0 Å². The minimum Gasteiger partial charge on any atom is -0.449 e. The van der Waals surface area contributed by atoms with E-state index >= 15 is 0 Å². The molecule has 4 aliphatic rings. The van der Waals surface area contributed by atoms with Crippen LogP contribution in [0.25, 0.3) is 11.1 Å². The van der Waals surface area contributed by atoms with Crippen molar-refractivity contribution in [3.63, 3.8) is 0 Å². The summed E-state index contributed by atoms with van der Waals surface area (Å²) in [6, 6.07) is 16.4. The molecule has 0 saturated heterocycles. The zero-order chi connectivity index (χ0) is 24.8. The largest absolute Gasteiger partial charge is 0.449 e. The van der Waals surface area contributed by atoms with E-state index in [-0.39, 0.29) is 12.5 Å². The van der Waals surface area contributed by atoms with Crippen molar-refractivity contribution in [1.82, 2.24) is 10.6 Å². The van der Waals surface area contributed by atoms with Crippen LogP contribution in [0.2, 0.25) is 0 Å². The number of nitrogens with one attached hydrogen (secondary N) is 2. The van der Waals surface area contributed by atoms with E-state index in [0.717, 1.165) is 11.1 Å². The normalized spacial score (nSPS) is 27.0. The summed E-state index contributed by atoms with van der Waals surface area (Å²) < 4.78 is 11.1. The number of hydrogen-bond donors (Lipinski definition) is 3. The monoisotopic (exact) mass is 478 g/mol. The number of carbonyl (C=O) groups excluding carboxylic acids is 2. The number of alkyl carbamates (subject to hydrolysis) is 2. The highest BCUT2D eigenvalue weighted by molar-refractivity contribution is 5.79. The standard InChI is InChI=1S/C28H34N2O5/c1-26(2,3)35-25(33)29-27-12-14-28(15-13-27,23(31)16-27)30-24(32)34-17-22-20-10-6-4-8-18(20)19-9-5-7-11-21(19)22/h4-11,22-23,31H,12-17H2,1-3H3,(H,29,33)(H,30,32)/t23-,27?,28?/m0/s1. The molecular weight excluding hydrogens is 444 g/mol. The lowest BCUT2D eigenvalue weighted by Gasteiger charge is -2.55. The Hall–Kier alpha value is -3.06. The molecule has 0 spiro atoms. The fourth-order valence-electron chi connectivity index (χ4n) is 6.02. The third-order valence-electron chi connectivity index (χ3n) is 7.78. The van der Waals surface area contributed by atoms with Crippen LogP contribution in [-0.4, -0.2) is 46.7 Å².